The lowest BCUT2D eigenvalue weighted by Gasteiger charge is -2.30. The monoisotopic (exact) mass is 517 g/mol. The van der Waals surface area contributed by atoms with Crippen molar-refractivity contribution in [3.05, 3.63) is 36.0 Å². The number of para-hydroxylation sites is 1. The number of nitrogens with zero attached hydrogens (tertiary/aromatic N) is 1. The number of carbonyl (C=O) groups excluding carboxylic acids is 3. The van der Waals surface area contributed by atoms with Gasteiger partial charge in [0.05, 0.1) is 6.04 Å². The molecule has 2 heterocycles. The fourth-order valence-corrected chi connectivity index (χ4v) is 4.78. The van der Waals surface area contributed by atoms with E-state index in [0.29, 0.717) is 25.8 Å². The predicted molar refractivity (Wildman–Crippen MR) is 140 cm³/mol. The summed E-state index contributed by atoms with van der Waals surface area (Å²) >= 11 is 4.25. The van der Waals surface area contributed by atoms with Gasteiger partial charge < -0.3 is 31.4 Å². The average molecular weight is 518 g/mol. The highest BCUT2D eigenvalue weighted by Gasteiger charge is 2.39. The molecule has 10 nitrogen and oxygen atoms in total. The van der Waals surface area contributed by atoms with Crippen LogP contribution in [0.25, 0.3) is 10.9 Å². The Morgan fingerprint density at radius 2 is 1.97 bits per heavy atom. The van der Waals surface area contributed by atoms with E-state index in [4.69, 9.17) is 5.73 Å². The first-order valence-electron chi connectivity index (χ1n) is 12.2. The lowest BCUT2D eigenvalue weighted by molar-refractivity contribution is -0.145. The highest BCUT2D eigenvalue weighted by Crippen LogP contribution is 2.21. The number of aromatic nitrogens is 1. The number of likely N-dealkylation sites (tertiary alicyclic amines) is 1. The Balaban J connectivity index is 1.64. The number of carboxylic acid groups (broad SMARTS) is 1. The molecule has 196 valence electrons. The van der Waals surface area contributed by atoms with Crippen LogP contribution in [-0.2, 0) is 25.6 Å². The summed E-state index contributed by atoms with van der Waals surface area (Å²) in [6.45, 7) is 3.93. The predicted octanol–water partition coefficient (Wildman–Crippen LogP) is 1.06. The summed E-state index contributed by atoms with van der Waals surface area (Å²) in [7, 11) is 0. The molecule has 6 N–H and O–H groups in total. The van der Waals surface area contributed by atoms with Gasteiger partial charge >= 0.3 is 5.97 Å². The molecule has 1 fully saturated rings. The van der Waals surface area contributed by atoms with E-state index in [1.165, 1.54) is 4.90 Å². The molecule has 36 heavy (non-hydrogen) atoms. The first kappa shape index (κ1) is 27.5. The smallest absolute Gasteiger partial charge is 0.326 e. The first-order chi connectivity index (χ1) is 17.2. The number of fused-ring (bicyclic) bond motifs is 1. The van der Waals surface area contributed by atoms with Gasteiger partial charge in [0.1, 0.15) is 18.1 Å². The number of rotatable bonds is 11. The molecule has 0 saturated carbocycles. The maximum atomic E-state index is 13.3. The number of aromatic amines is 1. The van der Waals surface area contributed by atoms with E-state index in [0.717, 1.165) is 16.5 Å². The summed E-state index contributed by atoms with van der Waals surface area (Å²) in [5.74, 6) is -2.78. The van der Waals surface area contributed by atoms with Crippen LogP contribution in [0.4, 0.5) is 0 Å². The summed E-state index contributed by atoms with van der Waals surface area (Å²) in [4.78, 5) is 55.2. The SMILES string of the molecule is CCC(C)C(NC(=O)C1CCCN1C(=O)C(CS)NC(=O)C(N)Cc1c[nH]c2ccccc12)C(=O)O. The molecule has 2 aromatic rings. The second-order valence-electron chi connectivity index (χ2n) is 9.31. The van der Waals surface area contributed by atoms with Crippen molar-refractivity contribution < 1.29 is 24.3 Å². The van der Waals surface area contributed by atoms with Crippen molar-refractivity contribution in [1.82, 2.24) is 20.5 Å². The van der Waals surface area contributed by atoms with E-state index in [2.05, 4.69) is 28.2 Å². The molecular weight excluding hydrogens is 482 g/mol. The van der Waals surface area contributed by atoms with E-state index in [9.17, 15) is 24.3 Å². The Hall–Kier alpha value is -3.05. The Bertz CT molecular complexity index is 1110. The van der Waals surface area contributed by atoms with Crippen molar-refractivity contribution in [1.29, 1.82) is 0 Å². The number of thiol groups is 1. The third-order valence-corrected chi connectivity index (χ3v) is 7.23. The number of hydrogen-bond acceptors (Lipinski definition) is 6. The van der Waals surface area contributed by atoms with Crippen LogP contribution in [0.5, 0.6) is 0 Å². The zero-order chi connectivity index (χ0) is 26.4. The van der Waals surface area contributed by atoms with E-state index < -0.39 is 47.9 Å². The zero-order valence-electron chi connectivity index (χ0n) is 20.6. The summed E-state index contributed by atoms with van der Waals surface area (Å²) in [6, 6.07) is 4.01. The maximum absolute atomic E-state index is 13.3. The van der Waals surface area contributed by atoms with E-state index in [1.54, 1.807) is 6.92 Å². The van der Waals surface area contributed by atoms with Crippen molar-refractivity contribution in [2.75, 3.05) is 12.3 Å². The number of hydrogen-bond donors (Lipinski definition) is 6. The lowest BCUT2D eigenvalue weighted by Crippen LogP contribution is -2.58. The van der Waals surface area contributed by atoms with Gasteiger partial charge in [0.2, 0.25) is 17.7 Å². The summed E-state index contributed by atoms with van der Waals surface area (Å²) in [6.07, 6.45) is 3.69. The zero-order valence-corrected chi connectivity index (χ0v) is 21.5. The Morgan fingerprint density at radius 1 is 1.25 bits per heavy atom. The van der Waals surface area contributed by atoms with E-state index >= 15 is 0 Å². The number of carbonyl (C=O) groups is 4. The van der Waals surface area contributed by atoms with Crippen LogP contribution >= 0.6 is 12.6 Å². The lowest BCUT2D eigenvalue weighted by atomic mass is 9.98. The Morgan fingerprint density at radius 3 is 2.64 bits per heavy atom. The number of benzene rings is 1. The number of nitrogens with two attached hydrogens (primary N) is 1. The van der Waals surface area contributed by atoms with Crippen molar-refractivity contribution in [3.63, 3.8) is 0 Å². The third kappa shape index (κ3) is 6.19. The Kier molecular flexibility index (Phi) is 9.38. The van der Waals surface area contributed by atoms with Gasteiger partial charge in [-0.25, -0.2) is 4.79 Å². The quantitative estimate of drug-likeness (QED) is 0.245. The standard InChI is InChI=1S/C25H35N5O5S/c1-3-14(2)21(25(34)35)29-23(32)20-9-6-10-30(20)24(33)19(13-36)28-22(31)17(26)11-15-12-27-18-8-5-4-7-16(15)18/h4-5,7-8,12,14,17,19-21,27,36H,3,6,9-11,13,26H2,1-2H3,(H,28,31)(H,29,32)(H,34,35). The van der Waals surface area contributed by atoms with Crippen molar-refractivity contribution >= 4 is 47.2 Å². The van der Waals surface area contributed by atoms with Crippen LogP contribution in [0.1, 0.15) is 38.7 Å². The molecule has 1 aliphatic rings. The molecule has 0 radical (unpaired) electrons. The molecule has 3 amide bonds. The molecule has 1 aliphatic heterocycles. The highest BCUT2D eigenvalue weighted by atomic mass is 32.1. The summed E-state index contributed by atoms with van der Waals surface area (Å²) in [5.41, 5.74) is 8.00. The fourth-order valence-electron chi connectivity index (χ4n) is 4.53. The highest BCUT2D eigenvalue weighted by molar-refractivity contribution is 7.80. The van der Waals surface area contributed by atoms with Crippen molar-refractivity contribution in [3.8, 4) is 0 Å². The van der Waals surface area contributed by atoms with Gasteiger partial charge in [0.25, 0.3) is 0 Å². The molecule has 0 aliphatic carbocycles. The van der Waals surface area contributed by atoms with Crippen molar-refractivity contribution in [2.45, 2.75) is 63.7 Å². The molecule has 1 saturated heterocycles. The molecule has 1 aromatic carbocycles. The molecule has 0 bridgehead atoms. The van der Waals surface area contributed by atoms with Crippen molar-refractivity contribution in [2.24, 2.45) is 11.7 Å². The summed E-state index contributed by atoms with van der Waals surface area (Å²) in [5, 5.41) is 15.7. The Labute approximate surface area is 215 Å². The van der Waals surface area contributed by atoms with Gasteiger partial charge in [-0.1, -0.05) is 38.5 Å². The van der Waals surface area contributed by atoms with E-state index in [1.807, 2.05) is 37.4 Å². The van der Waals surface area contributed by atoms with Crippen LogP contribution in [0, 0.1) is 5.92 Å². The number of nitrogens with one attached hydrogen (secondary N) is 3. The fraction of sp³-hybridized carbons (Fsp3) is 0.520. The summed E-state index contributed by atoms with van der Waals surface area (Å²) < 4.78 is 0. The van der Waals surface area contributed by atoms with Crippen LogP contribution in [-0.4, -0.2) is 75.1 Å². The number of aliphatic carboxylic acids is 1. The number of H-pyrrole nitrogens is 1. The van der Waals surface area contributed by atoms with Gasteiger partial charge in [0.15, 0.2) is 0 Å². The molecule has 1 aromatic heterocycles. The average Bonchev–Trinajstić information content (AvgIpc) is 3.52. The van der Waals surface area contributed by atoms with Gasteiger partial charge in [0, 0.05) is 29.4 Å². The molecular formula is C25H35N5O5S. The third-order valence-electron chi connectivity index (χ3n) is 6.86. The molecule has 11 heteroatoms. The van der Waals surface area contributed by atoms with Gasteiger partial charge in [-0.3, -0.25) is 14.4 Å². The minimum atomic E-state index is -1.11. The molecule has 5 atom stereocenters. The van der Waals surface area contributed by atoms with Crippen LogP contribution < -0.4 is 16.4 Å². The van der Waals surface area contributed by atoms with E-state index in [-0.39, 0.29) is 18.1 Å². The minimum absolute atomic E-state index is 0.0276. The largest absolute Gasteiger partial charge is 0.480 e. The number of carboxylic acids is 1. The topological polar surface area (TPSA) is 158 Å². The van der Waals surface area contributed by atoms with Gasteiger partial charge in [-0.15, -0.1) is 0 Å². The number of amides is 3. The normalized spacial score (nSPS) is 18.9. The van der Waals surface area contributed by atoms with Crippen LogP contribution in [0.2, 0.25) is 0 Å². The first-order valence-corrected chi connectivity index (χ1v) is 12.9. The maximum Gasteiger partial charge on any atom is 0.326 e. The molecule has 3 rings (SSSR count). The minimum Gasteiger partial charge on any atom is -0.480 e. The van der Waals surface area contributed by atoms with Gasteiger partial charge in [-0.2, -0.15) is 12.6 Å². The van der Waals surface area contributed by atoms with Crippen LogP contribution in [0.3, 0.4) is 0 Å². The second-order valence-corrected chi connectivity index (χ2v) is 9.68. The van der Waals surface area contributed by atoms with Crippen LogP contribution in [0.15, 0.2) is 30.5 Å². The molecule has 5 unspecified atom stereocenters. The van der Waals surface area contributed by atoms with Gasteiger partial charge in [-0.05, 0) is 36.8 Å². The molecule has 0 spiro atoms. The second kappa shape index (κ2) is 12.3.